The van der Waals surface area contributed by atoms with Gasteiger partial charge in [-0.1, -0.05) is 72.6 Å². The molecule has 4 aromatic carbocycles. The number of hydrogen-bond acceptors (Lipinski definition) is 3. The Kier molecular flexibility index (Phi) is 7.37. The molecule has 2 amide bonds. The number of carbonyl (C=O) groups is 2. The molecular weight excluding hydrogens is 506 g/mol. The number of hydrogen-bond donors (Lipinski definition) is 2. The minimum atomic E-state index is -0.184. The van der Waals surface area contributed by atoms with E-state index in [1.807, 2.05) is 89.8 Å². The number of nitrogens with zero attached hydrogens (tertiary/aromatic N) is 1. The first kappa shape index (κ1) is 26.1. The number of carbonyl (C=O) groups excluding carboxylic acids is 2. The maximum Gasteiger partial charge on any atom is 0.256 e. The van der Waals surface area contributed by atoms with Crippen LogP contribution in [0.15, 0.2) is 84.9 Å². The number of unbranched alkanes of at least 4 members (excludes halogenated alkanes) is 2. The van der Waals surface area contributed by atoms with Crippen molar-refractivity contribution in [2.24, 2.45) is 5.73 Å². The molecular formula is C36H29N3O2. The number of anilines is 2. The van der Waals surface area contributed by atoms with Gasteiger partial charge in [-0.25, -0.2) is 0 Å². The lowest BCUT2D eigenvalue weighted by Gasteiger charge is -2.26. The van der Waals surface area contributed by atoms with Crippen LogP contribution in [0, 0.1) is 23.7 Å². The minimum Gasteiger partial charge on any atom is -0.330 e. The lowest BCUT2D eigenvalue weighted by molar-refractivity contribution is -0.118. The van der Waals surface area contributed by atoms with Crippen molar-refractivity contribution in [3.63, 3.8) is 0 Å². The van der Waals surface area contributed by atoms with Gasteiger partial charge in [-0.15, -0.1) is 0 Å². The van der Waals surface area contributed by atoms with Crippen molar-refractivity contribution in [1.82, 2.24) is 0 Å². The van der Waals surface area contributed by atoms with E-state index in [9.17, 15) is 9.59 Å². The molecule has 41 heavy (non-hydrogen) atoms. The standard InChI is InChI=1S/C36H29N3O2/c37-21-7-1-2-12-35(40)39-24-31-10-4-3-8-25(31)13-16-30-23-28(18-20-34(30)39)27-17-19-32-29(22-27)15-14-26-9-5-6-11-33(26)38-36(32)41/h3-6,8-11,17-20,22-23H,1-2,7,12,21,24,37H2,(H,38,41). The summed E-state index contributed by atoms with van der Waals surface area (Å²) >= 11 is 0. The molecule has 0 spiro atoms. The third kappa shape index (κ3) is 5.50. The normalized spacial score (nSPS) is 12.7. The summed E-state index contributed by atoms with van der Waals surface area (Å²) in [6.45, 7) is 1.11. The van der Waals surface area contributed by atoms with Crippen LogP contribution in [-0.4, -0.2) is 18.4 Å². The van der Waals surface area contributed by atoms with Gasteiger partial charge in [0.25, 0.3) is 5.91 Å². The second-order valence-corrected chi connectivity index (χ2v) is 10.2. The number of nitrogens with two attached hydrogens (primary N) is 1. The largest absolute Gasteiger partial charge is 0.330 e. The van der Waals surface area contributed by atoms with Gasteiger partial charge in [-0.05, 0) is 78.5 Å². The highest BCUT2D eigenvalue weighted by Crippen LogP contribution is 2.32. The van der Waals surface area contributed by atoms with E-state index in [4.69, 9.17) is 5.73 Å². The summed E-state index contributed by atoms with van der Waals surface area (Å²) in [5.74, 6) is 13.0. The SMILES string of the molecule is NCCCCCC(=O)N1Cc2ccccc2C#Cc2cc(-c3ccc4c(c3)C#Cc3ccccc3NC4=O)ccc21. The zero-order valence-corrected chi connectivity index (χ0v) is 22.7. The predicted molar refractivity (Wildman–Crippen MR) is 163 cm³/mol. The highest BCUT2D eigenvalue weighted by atomic mass is 16.2. The third-order valence-electron chi connectivity index (χ3n) is 7.47. The molecule has 0 saturated carbocycles. The second kappa shape index (κ2) is 11.6. The average molecular weight is 536 g/mol. The van der Waals surface area contributed by atoms with Crippen LogP contribution in [0.4, 0.5) is 11.4 Å². The molecule has 0 bridgehead atoms. The number of rotatable bonds is 6. The summed E-state index contributed by atoms with van der Waals surface area (Å²) in [5.41, 5.74) is 13.7. The molecule has 3 N–H and O–H groups in total. The van der Waals surface area contributed by atoms with Crippen LogP contribution in [0.25, 0.3) is 11.1 Å². The summed E-state index contributed by atoms with van der Waals surface area (Å²) < 4.78 is 0. The van der Waals surface area contributed by atoms with Crippen LogP contribution in [0.1, 0.15) is 63.9 Å². The maximum atomic E-state index is 13.5. The first-order valence-electron chi connectivity index (χ1n) is 13.9. The smallest absolute Gasteiger partial charge is 0.256 e. The van der Waals surface area contributed by atoms with Crippen molar-refractivity contribution >= 4 is 23.2 Å². The van der Waals surface area contributed by atoms with E-state index in [-0.39, 0.29) is 11.8 Å². The van der Waals surface area contributed by atoms with Crippen molar-refractivity contribution in [1.29, 1.82) is 0 Å². The molecule has 5 heteroatoms. The van der Waals surface area contributed by atoms with E-state index < -0.39 is 0 Å². The fourth-order valence-corrected chi connectivity index (χ4v) is 5.23. The van der Waals surface area contributed by atoms with Crippen molar-refractivity contribution in [2.75, 3.05) is 16.8 Å². The Morgan fingerprint density at radius 1 is 0.756 bits per heavy atom. The average Bonchev–Trinajstić information content (AvgIpc) is 2.99. The quantitative estimate of drug-likeness (QED) is 0.232. The molecule has 0 saturated heterocycles. The molecule has 6 rings (SSSR count). The number of fused-ring (bicyclic) bond motifs is 4. The second-order valence-electron chi connectivity index (χ2n) is 10.2. The summed E-state index contributed by atoms with van der Waals surface area (Å²) in [5, 5.41) is 2.97. The van der Waals surface area contributed by atoms with Crippen molar-refractivity contribution in [2.45, 2.75) is 32.2 Å². The molecule has 4 aromatic rings. The zero-order valence-electron chi connectivity index (χ0n) is 22.7. The Balaban J connectivity index is 1.39. The highest BCUT2D eigenvalue weighted by molar-refractivity contribution is 6.07. The molecule has 0 unspecified atom stereocenters. The topological polar surface area (TPSA) is 75.4 Å². The van der Waals surface area contributed by atoms with Crippen LogP contribution in [0.5, 0.6) is 0 Å². The predicted octanol–water partition coefficient (Wildman–Crippen LogP) is 6.08. The summed E-state index contributed by atoms with van der Waals surface area (Å²) in [7, 11) is 0. The van der Waals surface area contributed by atoms with Crippen molar-refractivity contribution < 1.29 is 9.59 Å². The van der Waals surface area contributed by atoms with Gasteiger partial charge in [0.05, 0.1) is 23.5 Å². The monoisotopic (exact) mass is 535 g/mol. The number of nitrogens with one attached hydrogen (secondary N) is 1. The van der Waals surface area contributed by atoms with Gasteiger partial charge in [0.1, 0.15) is 0 Å². The molecule has 0 radical (unpaired) electrons. The first-order valence-corrected chi connectivity index (χ1v) is 13.9. The molecule has 5 nitrogen and oxygen atoms in total. The van der Waals surface area contributed by atoms with E-state index in [1.54, 1.807) is 0 Å². The molecule has 200 valence electrons. The van der Waals surface area contributed by atoms with E-state index in [0.29, 0.717) is 36.3 Å². The maximum absolute atomic E-state index is 13.5. The van der Waals surface area contributed by atoms with Gasteiger partial charge >= 0.3 is 0 Å². The molecule has 2 heterocycles. The Hall–Kier alpha value is -5.10. The Labute approximate surface area is 240 Å². The Morgan fingerprint density at radius 3 is 2.29 bits per heavy atom. The Bertz CT molecular complexity index is 1800. The molecule has 2 aliphatic rings. The number of para-hydroxylation sites is 1. The van der Waals surface area contributed by atoms with Crippen LogP contribution in [0.2, 0.25) is 0 Å². The highest BCUT2D eigenvalue weighted by Gasteiger charge is 2.22. The van der Waals surface area contributed by atoms with E-state index in [2.05, 4.69) is 29.0 Å². The Morgan fingerprint density at radius 2 is 1.44 bits per heavy atom. The molecule has 2 aliphatic heterocycles. The number of benzene rings is 4. The van der Waals surface area contributed by atoms with E-state index in [1.165, 1.54) is 0 Å². The van der Waals surface area contributed by atoms with Gasteiger partial charge in [0, 0.05) is 28.7 Å². The first-order chi connectivity index (χ1) is 20.1. The van der Waals surface area contributed by atoms with Crippen LogP contribution >= 0.6 is 0 Å². The summed E-state index contributed by atoms with van der Waals surface area (Å²) in [6, 6.07) is 27.2. The van der Waals surface area contributed by atoms with Gasteiger partial charge in [-0.2, -0.15) is 0 Å². The van der Waals surface area contributed by atoms with Crippen molar-refractivity contribution in [3.8, 4) is 34.8 Å². The van der Waals surface area contributed by atoms with E-state index >= 15 is 0 Å². The molecule has 0 aromatic heterocycles. The minimum absolute atomic E-state index is 0.0807. The van der Waals surface area contributed by atoms with Gasteiger partial charge in [0.2, 0.25) is 5.91 Å². The zero-order chi connectivity index (χ0) is 28.2. The number of amides is 2. The van der Waals surface area contributed by atoms with Crippen LogP contribution in [-0.2, 0) is 11.3 Å². The van der Waals surface area contributed by atoms with Gasteiger partial charge < -0.3 is 16.0 Å². The fraction of sp³-hybridized carbons (Fsp3) is 0.167. The third-order valence-corrected chi connectivity index (χ3v) is 7.47. The van der Waals surface area contributed by atoms with Gasteiger partial charge in [0.15, 0.2) is 0 Å². The van der Waals surface area contributed by atoms with Crippen LogP contribution < -0.4 is 16.0 Å². The molecule has 0 fully saturated rings. The van der Waals surface area contributed by atoms with Gasteiger partial charge in [-0.3, -0.25) is 9.59 Å². The fourth-order valence-electron chi connectivity index (χ4n) is 5.23. The van der Waals surface area contributed by atoms with Crippen molar-refractivity contribution in [3.05, 3.63) is 118 Å². The lowest BCUT2D eigenvalue weighted by atomic mass is 9.95. The lowest BCUT2D eigenvalue weighted by Crippen LogP contribution is -2.31. The molecule has 0 aliphatic carbocycles. The van der Waals surface area contributed by atoms with E-state index in [0.717, 1.165) is 58.3 Å². The van der Waals surface area contributed by atoms with Crippen LogP contribution in [0.3, 0.4) is 0 Å². The summed E-state index contributed by atoms with van der Waals surface area (Å²) in [4.78, 5) is 28.4. The molecule has 0 atom stereocenters. The summed E-state index contributed by atoms with van der Waals surface area (Å²) in [6.07, 6.45) is 3.12.